The van der Waals surface area contributed by atoms with Gasteiger partial charge in [-0.15, -0.1) is 0 Å². The molecule has 2 heterocycles. The maximum absolute atomic E-state index is 8.63. The summed E-state index contributed by atoms with van der Waals surface area (Å²) in [5.74, 6) is 0.500. The van der Waals surface area contributed by atoms with E-state index in [1.54, 1.807) is 18.2 Å². The first-order chi connectivity index (χ1) is 6.88. The van der Waals surface area contributed by atoms with Crippen molar-refractivity contribution in [2.24, 2.45) is 0 Å². The van der Waals surface area contributed by atoms with Gasteiger partial charge < -0.3 is 9.47 Å². The molecule has 1 atom stereocenters. The zero-order valence-corrected chi connectivity index (χ0v) is 7.64. The van der Waals surface area contributed by atoms with Crippen molar-refractivity contribution in [3.8, 4) is 11.9 Å². The van der Waals surface area contributed by atoms with Gasteiger partial charge in [0.05, 0.1) is 13.2 Å². The molecule has 0 bridgehead atoms. The first-order valence-corrected chi connectivity index (χ1v) is 4.50. The molecule has 1 aromatic rings. The summed E-state index contributed by atoms with van der Waals surface area (Å²) in [5, 5.41) is 8.63. The Labute approximate surface area is 82.1 Å². The van der Waals surface area contributed by atoms with E-state index in [1.807, 2.05) is 6.07 Å². The van der Waals surface area contributed by atoms with E-state index in [1.165, 1.54) is 0 Å². The Bertz CT molecular complexity index is 353. The van der Waals surface area contributed by atoms with Gasteiger partial charge in [-0.3, -0.25) is 0 Å². The van der Waals surface area contributed by atoms with Crippen molar-refractivity contribution in [1.82, 2.24) is 4.98 Å². The molecule has 0 spiro atoms. The Morgan fingerprint density at radius 3 is 3.21 bits per heavy atom. The quantitative estimate of drug-likeness (QED) is 0.701. The van der Waals surface area contributed by atoms with Crippen LogP contribution in [0.5, 0.6) is 5.88 Å². The van der Waals surface area contributed by atoms with Gasteiger partial charge in [0.2, 0.25) is 5.88 Å². The summed E-state index contributed by atoms with van der Waals surface area (Å²) in [4.78, 5) is 4.02. The van der Waals surface area contributed by atoms with Crippen molar-refractivity contribution < 1.29 is 9.47 Å². The molecule has 0 N–H and O–H groups in total. The van der Waals surface area contributed by atoms with Gasteiger partial charge in [-0.2, -0.15) is 5.26 Å². The molecule has 0 aromatic carbocycles. The van der Waals surface area contributed by atoms with Crippen molar-refractivity contribution in [3.05, 3.63) is 23.9 Å². The van der Waals surface area contributed by atoms with E-state index in [4.69, 9.17) is 14.7 Å². The van der Waals surface area contributed by atoms with Crippen LogP contribution >= 0.6 is 0 Å². The van der Waals surface area contributed by atoms with E-state index in [-0.39, 0.29) is 6.10 Å². The average Bonchev–Trinajstić information content (AvgIpc) is 2.71. The number of aromatic nitrogens is 1. The van der Waals surface area contributed by atoms with Crippen LogP contribution in [-0.2, 0) is 4.74 Å². The molecule has 0 radical (unpaired) electrons. The van der Waals surface area contributed by atoms with Crippen molar-refractivity contribution in [2.75, 3.05) is 13.2 Å². The number of rotatable bonds is 2. The summed E-state index contributed by atoms with van der Waals surface area (Å²) in [6.45, 7) is 1.35. The van der Waals surface area contributed by atoms with Gasteiger partial charge in [-0.1, -0.05) is 6.07 Å². The Kier molecular flexibility index (Phi) is 2.61. The predicted octanol–water partition coefficient (Wildman–Crippen LogP) is 1.12. The largest absolute Gasteiger partial charge is 0.472 e. The SMILES string of the molecule is N#Cc1cccc(OC2CCOC2)n1. The van der Waals surface area contributed by atoms with Crippen LogP contribution in [0.3, 0.4) is 0 Å². The molecule has 1 aliphatic rings. The second kappa shape index (κ2) is 4.07. The molecule has 14 heavy (non-hydrogen) atoms. The summed E-state index contributed by atoms with van der Waals surface area (Å²) in [6, 6.07) is 7.13. The highest BCUT2D eigenvalue weighted by Gasteiger charge is 2.17. The lowest BCUT2D eigenvalue weighted by Crippen LogP contribution is -2.16. The third kappa shape index (κ3) is 2.01. The van der Waals surface area contributed by atoms with Crippen LogP contribution in [0.2, 0.25) is 0 Å². The van der Waals surface area contributed by atoms with Crippen LogP contribution in [-0.4, -0.2) is 24.3 Å². The van der Waals surface area contributed by atoms with Gasteiger partial charge in [0, 0.05) is 12.5 Å². The highest BCUT2D eigenvalue weighted by atomic mass is 16.5. The molecule has 2 rings (SSSR count). The van der Waals surface area contributed by atoms with Crippen LogP contribution in [0.1, 0.15) is 12.1 Å². The number of nitriles is 1. The zero-order chi connectivity index (χ0) is 9.80. The van der Waals surface area contributed by atoms with E-state index in [9.17, 15) is 0 Å². The normalized spacial score (nSPS) is 20.4. The zero-order valence-electron chi connectivity index (χ0n) is 7.64. The Balaban J connectivity index is 2.05. The van der Waals surface area contributed by atoms with Crippen molar-refractivity contribution in [3.63, 3.8) is 0 Å². The molecule has 1 fully saturated rings. The van der Waals surface area contributed by atoms with Crippen LogP contribution in [0.25, 0.3) is 0 Å². The fourth-order valence-electron chi connectivity index (χ4n) is 1.32. The molecule has 1 unspecified atom stereocenters. The van der Waals surface area contributed by atoms with Crippen LogP contribution in [0.4, 0.5) is 0 Å². The fourth-order valence-corrected chi connectivity index (χ4v) is 1.32. The summed E-state index contributed by atoms with van der Waals surface area (Å²) in [7, 11) is 0. The van der Waals surface area contributed by atoms with Gasteiger partial charge in [-0.25, -0.2) is 4.98 Å². The summed E-state index contributed by atoms with van der Waals surface area (Å²) in [5.41, 5.74) is 0.376. The lowest BCUT2D eigenvalue weighted by Gasteiger charge is -2.09. The fraction of sp³-hybridized carbons (Fsp3) is 0.400. The third-order valence-corrected chi connectivity index (χ3v) is 2.01. The van der Waals surface area contributed by atoms with E-state index in [2.05, 4.69) is 4.98 Å². The Morgan fingerprint density at radius 2 is 2.50 bits per heavy atom. The van der Waals surface area contributed by atoms with Crippen LogP contribution < -0.4 is 4.74 Å². The average molecular weight is 190 g/mol. The third-order valence-electron chi connectivity index (χ3n) is 2.01. The minimum atomic E-state index is 0.0800. The second-order valence-corrected chi connectivity index (χ2v) is 3.08. The molecule has 0 amide bonds. The number of hydrogen-bond donors (Lipinski definition) is 0. The molecular formula is C10H10N2O2. The predicted molar refractivity (Wildman–Crippen MR) is 48.8 cm³/mol. The Morgan fingerprint density at radius 1 is 1.57 bits per heavy atom. The molecule has 1 saturated heterocycles. The van der Waals surface area contributed by atoms with E-state index in [0.717, 1.165) is 13.0 Å². The lowest BCUT2D eigenvalue weighted by molar-refractivity contribution is 0.138. The summed E-state index contributed by atoms with van der Waals surface area (Å²) < 4.78 is 10.7. The minimum Gasteiger partial charge on any atom is -0.472 e. The molecule has 0 saturated carbocycles. The lowest BCUT2D eigenvalue weighted by atomic mass is 10.3. The maximum Gasteiger partial charge on any atom is 0.214 e. The molecule has 4 nitrogen and oxygen atoms in total. The van der Waals surface area contributed by atoms with Crippen LogP contribution in [0.15, 0.2) is 18.2 Å². The van der Waals surface area contributed by atoms with Crippen molar-refractivity contribution in [1.29, 1.82) is 5.26 Å². The highest BCUT2D eigenvalue weighted by molar-refractivity contribution is 5.24. The molecule has 1 aliphatic heterocycles. The first kappa shape index (κ1) is 8.97. The molecular weight excluding hydrogens is 180 g/mol. The molecule has 4 heteroatoms. The van der Waals surface area contributed by atoms with Crippen molar-refractivity contribution in [2.45, 2.75) is 12.5 Å². The number of ether oxygens (including phenoxy) is 2. The first-order valence-electron chi connectivity index (χ1n) is 4.50. The molecule has 0 aliphatic carbocycles. The van der Waals surface area contributed by atoms with Gasteiger partial charge in [-0.05, 0) is 6.07 Å². The number of hydrogen-bond acceptors (Lipinski definition) is 4. The standard InChI is InChI=1S/C10H10N2O2/c11-6-8-2-1-3-10(12-8)14-9-4-5-13-7-9/h1-3,9H,4-5,7H2. The van der Waals surface area contributed by atoms with Gasteiger partial charge in [0.1, 0.15) is 17.9 Å². The molecule has 72 valence electrons. The maximum atomic E-state index is 8.63. The van der Waals surface area contributed by atoms with E-state index >= 15 is 0 Å². The topological polar surface area (TPSA) is 55.1 Å². The summed E-state index contributed by atoms with van der Waals surface area (Å²) in [6.07, 6.45) is 0.967. The van der Waals surface area contributed by atoms with Gasteiger partial charge in [0.25, 0.3) is 0 Å². The number of nitrogens with zero attached hydrogens (tertiary/aromatic N) is 2. The van der Waals surface area contributed by atoms with Gasteiger partial charge >= 0.3 is 0 Å². The van der Waals surface area contributed by atoms with Crippen LogP contribution in [0, 0.1) is 11.3 Å². The summed E-state index contributed by atoms with van der Waals surface area (Å²) >= 11 is 0. The smallest absolute Gasteiger partial charge is 0.214 e. The number of pyridine rings is 1. The highest BCUT2D eigenvalue weighted by Crippen LogP contribution is 2.14. The van der Waals surface area contributed by atoms with Gasteiger partial charge in [0.15, 0.2) is 0 Å². The minimum absolute atomic E-state index is 0.0800. The Hall–Kier alpha value is -1.60. The monoisotopic (exact) mass is 190 g/mol. The second-order valence-electron chi connectivity index (χ2n) is 3.08. The van der Waals surface area contributed by atoms with E-state index < -0.39 is 0 Å². The van der Waals surface area contributed by atoms with Crippen molar-refractivity contribution >= 4 is 0 Å². The van der Waals surface area contributed by atoms with E-state index in [0.29, 0.717) is 18.2 Å². The molecule has 1 aromatic heterocycles.